The number of fused-ring (bicyclic) bond motifs is 1. The largest absolute Gasteiger partial charge is 0.486 e. The van der Waals surface area contributed by atoms with Crippen LogP contribution in [0.2, 0.25) is 0 Å². The second-order valence-electron chi connectivity index (χ2n) is 3.91. The van der Waals surface area contributed by atoms with Crippen LogP contribution in [0.15, 0.2) is 39.4 Å². The van der Waals surface area contributed by atoms with Crippen molar-refractivity contribution in [2.45, 2.75) is 4.83 Å². The lowest BCUT2D eigenvalue weighted by atomic mass is 10.1. The van der Waals surface area contributed by atoms with Gasteiger partial charge in [-0.25, -0.2) is 0 Å². The van der Waals surface area contributed by atoms with Crippen LogP contribution in [0.1, 0.15) is 16.2 Å². The topological polar surface area (TPSA) is 31.6 Å². The van der Waals surface area contributed by atoms with Gasteiger partial charge in [-0.15, -0.1) is 0 Å². The van der Waals surface area contributed by atoms with Crippen LogP contribution in [0, 0.1) is 0 Å². The lowest BCUT2D eigenvalue weighted by Crippen LogP contribution is -2.15. The van der Waals surface area contributed by atoms with E-state index >= 15 is 0 Å². The summed E-state index contributed by atoms with van der Waals surface area (Å²) in [4.78, 5) is -0.000346. The van der Waals surface area contributed by atoms with Crippen molar-refractivity contribution in [3.63, 3.8) is 0 Å². The molecular weight excluding hydrogens is 364 g/mol. The molecule has 1 aliphatic heterocycles. The first-order valence-corrected chi connectivity index (χ1v) is 7.24. The summed E-state index contributed by atoms with van der Waals surface area (Å²) in [7, 11) is 0. The molecule has 0 radical (unpaired) electrons. The highest BCUT2D eigenvalue weighted by molar-refractivity contribution is 9.10. The Balaban J connectivity index is 1.92. The number of hydrogen-bond acceptors (Lipinski definition) is 3. The first-order chi connectivity index (χ1) is 8.74. The molecule has 0 bridgehead atoms. The molecule has 5 heteroatoms. The average molecular weight is 374 g/mol. The average Bonchev–Trinajstić information content (AvgIpc) is 2.84. The van der Waals surface area contributed by atoms with E-state index in [1.54, 1.807) is 0 Å². The quantitative estimate of drug-likeness (QED) is 0.735. The van der Waals surface area contributed by atoms with Crippen LogP contribution < -0.4 is 9.47 Å². The van der Waals surface area contributed by atoms with Gasteiger partial charge in [-0.2, -0.15) is 0 Å². The molecule has 3 nitrogen and oxygen atoms in total. The SMILES string of the molecule is Brc1ccc(C(Br)c2ccc3c(c2)OCCO3)o1. The zero-order valence-corrected chi connectivity index (χ0v) is 12.5. The zero-order chi connectivity index (χ0) is 12.5. The summed E-state index contributed by atoms with van der Waals surface area (Å²) >= 11 is 6.93. The third kappa shape index (κ3) is 2.29. The first kappa shape index (κ1) is 12.1. The highest BCUT2D eigenvalue weighted by atomic mass is 79.9. The fraction of sp³-hybridized carbons (Fsp3) is 0.231. The molecule has 1 atom stereocenters. The Morgan fingerprint density at radius 3 is 2.50 bits per heavy atom. The van der Waals surface area contributed by atoms with E-state index in [2.05, 4.69) is 31.9 Å². The van der Waals surface area contributed by atoms with Crippen LogP contribution in [0.3, 0.4) is 0 Å². The Morgan fingerprint density at radius 1 is 1.00 bits per heavy atom. The van der Waals surface area contributed by atoms with Crippen LogP contribution >= 0.6 is 31.9 Å². The summed E-state index contributed by atoms with van der Waals surface area (Å²) in [5, 5.41) is 0. The van der Waals surface area contributed by atoms with Gasteiger partial charge in [0.25, 0.3) is 0 Å². The second-order valence-corrected chi connectivity index (χ2v) is 5.60. The maximum Gasteiger partial charge on any atom is 0.169 e. The number of furan rings is 1. The lowest BCUT2D eigenvalue weighted by molar-refractivity contribution is 0.171. The van der Waals surface area contributed by atoms with Gasteiger partial charge in [0.1, 0.15) is 19.0 Å². The molecule has 18 heavy (non-hydrogen) atoms. The Kier molecular flexibility index (Phi) is 3.35. The molecule has 2 aromatic rings. The number of benzene rings is 1. The van der Waals surface area contributed by atoms with E-state index in [1.807, 2.05) is 30.3 Å². The van der Waals surface area contributed by atoms with Gasteiger partial charge in [0.2, 0.25) is 0 Å². The van der Waals surface area contributed by atoms with Gasteiger partial charge in [0.15, 0.2) is 16.2 Å². The highest BCUT2D eigenvalue weighted by Crippen LogP contribution is 2.38. The van der Waals surface area contributed by atoms with Crippen molar-refractivity contribution in [2.24, 2.45) is 0 Å². The molecule has 2 heterocycles. The van der Waals surface area contributed by atoms with Crippen molar-refractivity contribution < 1.29 is 13.9 Å². The van der Waals surface area contributed by atoms with Crippen molar-refractivity contribution in [1.29, 1.82) is 0 Å². The maximum atomic E-state index is 5.57. The van der Waals surface area contributed by atoms with E-state index in [-0.39, 0.29) is 4.83 Å². The van der Waals surface area contributed by atoms with Crippen molar-refractivity contribution in [3.8, 4) is 11.5 Å². The van der Waals surface area contributed by atoms with E-state index < -0.39 is 0 Å². The predicted octanol–water partition coefficient (Wildman–Crippen LogP) is 4.30. The first-order valence-electron chi connectivity index (χ1n) is 5.53. The normalized spacial score (nSPS) is 15.4. The van der Waals surface area contributed by atoms with Crippen molar-refractivity contribution in [2.75, 3.05) is 13.2 Å². The molecule has 94 valence electrons. The summed E-state index contributed by atoms with van der Waals surface area (Å²) in [6.45, 7) is 1.20. The summed E-state index contributed by atoms with van der Waals surface area (Å²) in [5.74, 6) is 2.43. The Morgan fingerprint density at radius 2 is 1.78 bits per heavy atom. The van der Waals surface area contributed by atoms with Gasteiger partial charge in [-0.1, -0.05) is 22.0 Å². The van der Waals surface area contributed by atoms with Gasteiger partial charge in [0.05, 0.1) is 4.83 Å². The monoisotopic (exact) mass is 372 g/mol. The Hall–Kier alpha value is -0.940. The molecule has 0 N–H and O–H groups in total. The standard InChI is InChI=1S/C13H10Br2O3/c14-12-4-3-10(18-12)13(15)8-1-2-9-11(7-8)17-6-5-16-9/h1-4,7,13H,5-6H2. The fourth-order valence-electron chi connectivity index (χ4n) is 1.85. The van der Waals surface area contributed by atoms with Crippen molar-refractivity contribution >= 4 is 31.9 Å². The zero-order valence-electron chi connectivity index (χ0n) is 9.36. The molecule has 0 aliphatic carbocycles. The number of ether oxygens (including phenoxy) is 2. The van der Waals surface area contributed by atoms with Crippen LogP contribution in [0.4, 0.5) is 0 Å². The number of alkyl halides is 1. The minimum Gasteiger partial charge on any atom is -0.486 e. The Bertz CT molecular complexity index is 565. The van der Waals surface area contributed by atoms with Crippen molar-refractivity contribution in [1.82, 2.24) is 0 Å². The molecule has 0 spiro atoms. The van der Waals surface area contributed by atoms with Crippen LogP contribution in [0.25, 0.3) is 0 Å². The molecule has 3 rings (SSSR count). The molecule has 0 amide bonds. The molecule has 0 saturated heterocycles. The van der Waals surface area contributed by atoms with Gasteiger partial charge in [0, 0.05) is 0 Å². The van der Waals surface area contributed by atoms with Gasteiger partial charge >= 0.3 is 0 Å². The Labute approximate surface area is 121 Å². The number of rotatable bonds is 2. The number of hydrogen-bond donors (Lipinski definition) is 0. The van der Waals surface area contributed by atoms with E-state index in [9.17, 15) is 0 Å². The van der Waals surface area contributed by atoms with Gasteiger partial charge < -0.3 is 13.9 Å². The maximum absolute atomic E-state index is 5.57. The summed E-state index contributed by atoms with van der Waals surface area (Å²) in [6, 6.07) is 9.71. The predicted molar refractivity (Wildman–Crippen MR) is 74.6 cm³/mol. The van der Waals surface area contributed by atoms with Gasteiger partial charge in [-0.05, 0) is 45.8 Å². The molecule has 1 unspecified atom stereocenters. The molecule has 0 saturated carbocycles. The van der Waals surface area contributed by atoms with E-state index in [0.29, 0.717) is 13.2 Å². The minimum absolute atomic E-state index is 0.000346. The summed E-state index contributed by atoms with van der Waals surface area (Å²) < 4.78 is 17.3. The summed E-state index contributed by atoms with van der Waals surface area (Å²) in [6.07, 6.45) is 0. The van der Waals surface area contributed by atoms with E-state index in [4.69, 9.17) is 13.9 Å². The molecule has 1 aromatic heterocycles. The summed E-state index contributed by atoms with van der Waals surface area (Å²) in [5.41, 5.74) is 1.07. The van der Waals surface area contributed by atoms with Gasteiger partial charge in [-0.3, -0.25) is 0 Å². The lowest BCUT2D eigenvalue weighted by Gasteiger charge is -2.19. The molecular formula is C13H10Br2O3. The molecule has 0 fully saturated rings. The fourth-order valence-corrected chi connectivity index (χ4v) is 2.70. The van der Waals surface area contributed by atoms with Crippen LogP contribution in [-0.2, 0) is 0 Å². The third-order valence-corrected chi connectivity index (χ3v) is 4.11. The minimum atomic E-state index is -0.000346. The van der Waals surface area contributed by atoms with Crippen molar-refractivity contribution in [3.05, 3.63) is 46.3 Å². The van der Waals surface area contributed by atoms with E-state index in [1.165, 1.54) is 0 Å². The number of halogens is 2. The second kappa shape index (κ2) is 4.97. The highest BCUT2D eigenvalue weighted by Gasteiger charge is 2.18. The molecule has 1 aliphatic rings. The molecule has 1 aromatic carbocycles. The smallest absolute Gasteiger partial charge is 0.169 e. The van der Waals surface area contributed by atoms with E-state index in [0.717, 1.165) is 27.5 Å². The third-order valence-electron chi connectivity index (χ3n) is 2.70. The van der Waals surface area contributed by atoms with Crippen LogP contribution in [0.5, 0.6) is 11.5 Å². The van der Waals surface area contributed by atoms with Crippen LogP contribution in [-0.4, -0.2) is 13.2 Å².